The molecule has 0 bridgehead atoms. The van der Waals surface area contributed by atoms with E-state index < -0.39 is 0 Å². The molecule has 0 aromatic carbocycles. The van der Waals surface area contributed by atoms with Gasteiger partial charge in [0.15, 0.2) is 0 Å². The number of hydrogen-bond acceptors (Lipinski definition) is 2. The molecule has 0 saturated carbocycles. The molecule has 66 valence electrons. The Kier molecular flexibility index (Phi) is 1.26. The predicted molar refractivity (Wildman–Crippen MR) is 49.7 cm³/mol. The fraction of sp³-hybridized carbons (Fsp3) is 0.400. The van der Waals surface area contributed by atoms with Gasteiger partial charge in [-0.25, -0.2) is 9.97 Å². The Hall–Kier alpha value is -1.38. The Balaban J connectivity index is 2.42. The summed E-state index contributed by atoms with van der Waals surface area (Å²) in [5, 5.41) is 0. The van der Waals surface area contributed by atoms with E-state index in [1.807, 2.05) is 13.1 Å². The molecule has 0 N–H and O–H groups in total. The standard InChI is InChI=1S/C10H11N3/c1-7-6-13-9-4-2-3-8(9)5-11-10(13)12-7/h5-6H,2-4H2,1H3. The number of nitrogens with zero attached hydrogens (tertiary/aromatic N) is 3. The molecular weight excluding hydrogens is 162 g/mol. The molecule has 1 aliphatic carbocycles. The van der Waals surface area contributed by atoms with Crippen molar-refractivity contribution in [3.8, 4) is 0 Å². The zero-order valence-corrected chi connectivity index (χ0v) is 7.62. The first-order valence-corrected chi connectivity index (χ1v) is 4.67. The summed E-state index contributed by atoms with van der Waals surface area (Å²) in [7, 11) is 0. The van der Waals surface area contributed by atoms with Crippen LogP contribution in [0.2, 0.25) is 0 Å². The highest BCUT2D eigenvalue weighted by Crippen LogP contribution is 2.21. The SMILES string of the molecule is Cc1cn2c3c(cnc2n1)CCC3. The van der Waals surface area contributed by atoms with Crippen molar-refractivity contribution in [2.45, 2.75) is 26.2 Å². The van der Waals surface area contributed by atoms with Gasteiger partial charge in [-0.1, -0.05) is 0 Å². The summed E-state index contributed by atoms with van der Waals surface area (Å²) in [5.41, 5.74) is 3.85. The van der Waals surface area contributed by atoms with Crippen molar-refractivity contribution in [2.24, 2.45) is 0 Å². The second-order valence-electron chi connectivity index (χ2n) is 3.64. The lowest BCUT2D eigenvalue weighted by Gasteiger charge is -2.00. The summed E-state index contributed by atoms with van der Waals surface area (Å²) >= 11 is 0. The first-order valence-electron chi connectivity index (χ1n) is 4.67. The van der Waals surface area contributed by atoms with Crippen molar-refractivity contribution in [1.82, 2.24) is 14.4 Å². The lowest BCUT2D eigenvalue weighted by molar-refractivity contribution is 0.887. The van der Waals surface area contributed by atoms with Gasteiger partial charge in [0.05, 0.1) is 5.69 Å². The number of fused-ring (bicyclic) bond motifs is 3. The van der Waals surface area contributed by atoms with Gasteiger partial charge in [-0.15, -0.1) is 0 Å². The summed E-state index contributed by atoms with van der Waals surface area (Å²) < 4.78 is 2.14. The van der Waals surface area contributed by atoms with E-state index in [1.165, 1.54) is 30.5 Å². The van der Waals surface area contributed by atoms with Crippen molar-refractivity contribution in [2.75, 3.05) is 0 Å². The summed E-state index contributed by atoms with van der Waals surface area (Å²) in [6.45, 7) is 2.01. The number of aromatic nitrogens is 3. The molecule has 2 aromatic heterocycles. The third kappa shape index (κ3) is 0.899. The van der Waals surface area contributed by atoms with E-state index in [0.717, 1.165) is 11.5 Å². The lowest BCUT2D eigenvalue weighted by Crippen LogP contribution is -1.96. The van der Waals surface area contributed by atoms with Crippen molar-refractivity contribution in [3.05, 3.63) is 29.3 Å². The molecule has 1 aliphatic rings. The van der Waals surface area contributed by atoms with Gasteiger partial charge in [-0.3, -0.25) is 4.40 Å². The van der Waals surface area contributed by atoms with Crippen LogP contribution in [0.25, 0.3) is 5.78 Å². The first kappa shape index (κ1) is 7.06. The molecule has 0 atom stereocenters. The van der Waals surface area contributed by atoms with E-state index in [0.29, 0.717) is 0 Å². The molecular formula is C10H11N3. The Morgan fingerprint density at radius 2 is 2.31 bits per heavy atom. The van der Waals surface area contributed by atoms with E-state index in [9.17, 15) is 0 Å². The van der Waals surface area contributed by atoms with Gasteiger partial charge in [0.25, 0.3) is 0 Å². The fourth-order valence-electron chi connectivity index (χ4n) is 2.08. The monoisotopic (exact) mass is 173 g/mol. The van der Waals surface area contributed by atoms with Crippen LogP contribution in [-0.2, 0) is 12.8 Å². The fourth-order valence-corrected chi connectivity index (χ4v) is 2.08. The predicted octanol–water partition coefficient (Wildman–Crippen LogP) is 1.53. The highest BCUT2D eigenvalue weighted by Gasteiger charge is 2.15. The molecule has 0 spiro atoms. The van der Waals surface area contributed by atoms with Crippen molar-refractivity contribution in [1.29, 1.82) is 0 Å². The molecule has 3 heteroatoms. The molecule has 2 heterocycles. The minimum atomic E-state index is 0.846. The van der Waals surface area contributed by atoms with Gasteiger partial charge >= 0.3 is 0 Å². The van der Waals surface area contributed by atoms with Crippen LogP contribution in [0.15, 0.2) is 12.4 Å². The third-order valence-corrected chi connectivity index (χ3v) is 2.66. The van der Waals surface area contributed by atoms with Gasteiger partial charge in [0.2, 0.25) is 5.78 Å². The molecule has 0 unspecified atom stereocenters. The number of imidazole rings is 1. The van der Waals surface area contributed by atoms with E-state index in [2.05, 4.69) is 20.6 Å². The average molecular weight is 173 g/mol. The normalized spacial score (nSPS) is 15.2. The zero-order valence-electron chi connectivity index (χ0n) is 7.62. The molecule has 0 fully saturated rings. The topological polar surface area (TPSA) is 30.2 Å². The number of aryl methyl sites for hydroxylation is 3. The van der Waals surface area contributed by atoms with Crippen molar-refractivity contribution in [3.63, 3.8) is 0 Å². The molecule has 2 aromatic rings. The summed E-state index contributed by atoms with van der Waals surface area (Å²) in [6, 6.07) is 0. The number of rotatable bonds is 0. The van der Waals surface area contributed by atoms with Crippen LogP contribution >= 0.6 is 0 Å². The molecule has 0 saturated heterocycles. The van der Waals surface area contributed by atoms with Gasteiger partial charge in [0.1, 0.15) is 0 Å². The maximum atomic E-state index is 4.34. The Bertz CT molecular complexity index is 470. The van der Waals surface area contributed by atoms with E-state index >= 15 is 0 Å². The van der Waals surface area contributed by atoms with E-state index in [1.54, 1.807) is 0 Å². The maximum Gasteiger partial charge on any atom is 0.234 e. The van der Waals surface area contributed by atoms with Gasteiger partial charge in [-0.05, 0) is 31.7 Å². The van der Waals surface area contributed by atoms with Crippen molar-refractivity contribution < 1.29 is 0 Å². The van der Waals surface area contributed by atoms with Gasteiger partial charge < -0.3 is 0 Å². The number of hydrogen-bond donors (Lipinski definition) is 0. The molecule has 0 aliphatic heterocycles. The molecule has 3 nitrogen and oxygen atoms in total. The lowest BCUT2D eigenvalue weighted by atomic mass is 10.3. The second-order valence-corrected chi connectivity index (χ2v) is 3.64. The highest BCUT2D eigenvalue weighted by molar-refractivity contribution is 5.37. The largest absolute Gasteiger partial charge is 0.288 e. The first-order chi connectivity index (χ1) is 6.34. The molecule has 0 radical (unpaired) electrons. The smallest absolute Gasteiger partial charge is 0.234 e. The average Bonchev–Trinajstić information content (AvgIpc) is 2.65. The summed E-state index contributed by atoms with van der Waals surface area (Å²) in [6.07, 6.45) is 7.66. The van der Waals surface area contributed by atoms with Gasteiger partial charge in [-0.2, -0.15) is 0 Å². The minimum Gasteiger partial charge on any atom is -0.288 e. The van der Waals surface area contributed by atoms with Crippen LogP contribution in [0, 0.1) is 6.92 Å². The Morgan fingerprint density at radius 3 is 3.23 bits per heavy atom. The quantitative estimate of drug-likeness (QED) is 0.604. The van der Waals surface area contributed by atoms with Crippen LogP contribution in [0.5, 0.6) is 0 Å². The van der Waals surface area contributed by atoms with Crippen LogP contribution < -0.4 is 0 Å². The molecule has 0 amide bonds. The summed E-state index contributed by atoms with van der Waals surface area (Å²) in [4.78, 5) is 8.67. The van der Waals surface area contributed by atoms with Crippen molar-refractivity contribution >= 4 is 5.78 Å². The van der Waals surface area contributed by atoms with Crippen LogP contribution in [-0.4, -0.2) is 14.4 Å². The molecule has 13 heavy (non-hydrogen) atoms. The van der Waals surface area contributed by atoms with Crippen LogP contribution in [0.4, 0.5) is 0 Å². The molecule has 3 rings (SSSR count). The second kappa shape index (κ2) is 2.31. The summed E-state index contributed by atoms with van der Waals surface area (Å²) in [5.74, 6) is 0.846. The minimum absolute atomic E-state index is 0.846. The van der Waals surface area contributed by atoms with Crippen LogP contribution in [0.3, 0.4) is 0 Å². The van der Waals surface area contributed by atoms with E-state index in [4.69, 9.17) is 0 Å². The van der Waals surface area contributed by atoms with Gasteiger partial charge in [0, 0.05) is 18.1 Å². The Morgan fingerprint density at radius 1 is 1.38 bits per heavy atom. The maximum absolute atomic E-state index is 4.34. The zero-order chi connectivity index (χ0) is 8.84. The Labute approximate surface area is 76.4 Å². The van der Waals surface area contributed by atoms with E-state index in [-0.39, 0.29) is 0 Å². The van der Waals surface area contributed by atoms with Crippen LogP contribution in [0.1, 0.15) is 23.4 Å². The highest BCUT2D eigenvalue weighted by atomic mass is 15.1. The third-order valence-electron chi connectivity index (χ3n) is 2.66.